The Bertz CT molecular complexity index is 1140. The van der Waals surface area contributed by atoms with Crippen LogP contribution >= 0.6 is 45.2 Å². The van der Waals surface area contributed by atoms with E-state index in [1.165, 1.54) is 7.11 Å². The molecular weight excluding hydrogens is 670 g/mol. The normalized spacial score (nSPS) is 9.41. The van der Waals surface area contributed by atoms with Gasteiger partial charge in [0.15, 0.2) is 0 Å². The highest BCUT2D eigenvalue weighted by Crippen LogP contribution is 2.20. The van der Waals surface area contributed by atoms with Gasteiger partial charge < -0.3 is 10.2 Å². The molecule has 2 aromatic heterocycles. The van der Waals surface area contributed by atoms with Crippen LogP contribution in [0.2, 0.25) is 0 Å². The minimum Gasteiger partial charge on any atom is -0.468 e. The third kappa shape index (κ3) is 7.67. The van der Waals surface area contributed by atoms with Crippen molar-refractivity contribution in [3.63, 3.8) is 0 Å². The molecule has 0 spiro atoms. The van der Waals surface area contributed by atoms with Crippen molar-refractivity contribution in [1.29, 1.82) is 11.1 Å². The molecule has 12 nitrogen and oxygen atoms in total. The van der Waals surface area contributed by atoms with E-state index in [1.807, 2.05) is 48.5 Å². The predicted octanol–water partition coefficient (Wildman–Crippen LogP) is 3.10. The molecule has 4 rings (SSSR count). The fourth-order valence-electron chi connectivity index (χ4n) is 2.78. The molecule has 2 heterocycles. The molecule has 0 saturated carbocycles. The molecule has 34 heavy (non-hydrogen) atoms. The number of esters is 1. The zero-order chi connectivity index (χ0) is 23.7. The summed E-state index contributed by atoms with van der Waals surface area (Å²) in [6.07, 6.45) is 0. The maximum Gasteiger partial charge on any atom is 0.327 e. The lowest BCUT2D eigenvalue weighted by molar-refractivity contribution is -0.141. The van der Waals surface area contributed by atoms with Crippen molar-refractivity contribution >= 4 is 78.9 Å². The number of nitrogens with two attached hydrogens (primary N) is 1. The second kappa shape index (κ2) is 15.3. The highest BCUT2D eigenvalue weighted by molar-refractivity contribution is 14.1. The smallest absolute Gasteiger partial charge is 0.327 e. The van der Waals surface area contributed by atoms with E-state index in [9.17, 15) is 9.59 Å². The van der Waals surface area contributed by atoms with E-state index in [0.717, 1.165) is 29.2 Å². The number of benzene rings is 2. The number of hydrogen-bond donors (Lipinski definition) is 4. The summed E-state index contributed by atoms with van der Waals surface area (Å²) in [4.78, 5) is 22.3. The van der Waals surface area contributed by atoms with Crippen LogP contribution in [0.1, 0.15) is 8.85 Å². The molecule has 0 aliphatic rings. The highest BCUT2D eigenvalue weighted by atomic mass is 127. The molecule has 7 N–H and O–H groups in total. The number of rotatable bonds is 4. The van der Waals surface area contributed by atoms with Crippen LogP contribution in [0.3, 0.4) is 0 Å². The molecule has 1 amide bonds. The topological polar surface area (TPSA) is 196 Å². The number of hydrazine groups is 1. The molecular formula is C20H28I2N8O4. The maximum atomic E-state index is 11.1. The number of fused-ring (bicyclic) bond motifs is 2. The molecule has 0 radical (unpaired) electrons. The number of para-hydroxylation sites is 2. The lowest BCUT2D eigenvalue weighted by atomic mass is 10.2. The van der Waals surface area contributed by atoms with Crippen LogP contribution in [0.4, 0.5) is 0 Å². The van der Waals surface area contributed by atoms with Crippen LogP contribution in [0.25, 0.3) is 21.8 Å². The van der Waals surface area contributed by atoms with Gasteiger partial charge in [-0.2, -0.15) is 10.2 Å². The van der Waals surface area contributed by atoms with Gasteiger partial charge in [-0.15, -0.1) is 0 Å². The Morgan fingerprint density at radius 2 is 1.38 bits per heavy atom. The number of nitrogens with zero attached hydrogens (tertiary/aromatic N) is 4. The van der Waals surface area contributed by atoms with E-state index in [4.69, 9.17) is 16.9 Å². The average Bonchev–Trinajstić information content (AvgIpc) is 3.32. The first-order valence-corrected chi connectivity index (χ1v) is 11.1. The summed E-state index contributed by atoms with van der Waals surface area (Å²) in [5.74, 6) is 4.47. The number of halogens is 2. The van der Waals surface area contributed by atoms with E-state index in [-0.39, 0.29) is 39.3 Å². The Hall–Kier alpha value is -2.70. The first-order valence-electron chi connectivity index (χ1n) is 8.98. The molecule has 4 aromatic rings. The summed E-state index contributed by atoms with van der Waals surface area (Å²) >= 11 is 4.30. The number of amides is 1. The van der Waals surface area contributed by atoms with Crippen LogP contribution in [0, 0.1) is 18.5 Å². The number of aromatic nitrogens is 4. The average molecular weight is 698 g/mol. The number of nitrogens with one attached hydrogen (secondary N) is 3. The van der Waals surface area contributed by atoms with Gasteiger partial charge in [0, 0.05) is 12.2 Å². The zero-order valence-corrected chi connectivity index (χ0v) is 21.7. The van der Waals surface area contributed by atoms with Gasteiger partial charge in [-0.1, -0.05) is 43.8 Å². The molecule has 0 saturated heterocycles. The SMILES string of the molecule is C.COC(=O)Cn1nc(I)c2ccccc21.N=N.NNC(=O)Cn1nc(I)c2ccccc21.O.[HH]. The van der Waals surface area contributed by atoms with Crippen LogP contribution in [-0.2, 0) is 27.4 Å². The standard InChI is InChI=1S/C10H9IN2O2.C9H9IN4O.CH4.H2N2.H2O.H2/c1-15-9(14)6-13-8-5-3-2-4-7(8)10(11)12-13;10-9-6-3-1-2-4-7(6)14(13-9)5-8(15)12-11;;1-2;;/h2-5H,6H2,1H3;1-4H,5,11H2,(H,12,15);1H4;1-2H;1H2;1H. The molecule has 0 unspecified atom stereocenters. The largest absolute Gasteiger partial charge is 0.468 e. The van der Waals surface area contributed by atoms with Crippen molar-refractivity contribution in [2.45, 2.75) is 20.5 Å². The van der Waals surface area contributed by atoms with Crippen LogP contribution in [-0.4, -0.2) is 44.0 Å². The minimum atomic E-state index is -0.292. The summed E-state index contributed by atoms with van der Waals surface area (Å²) < 4.78 is 9.68. The summed E-state index contributed by atoms with van der Waals surface area (Å²) in [6, 6.07) is 15.6. The van der Waals surface area contributed by atoms with Crippen LogP contribution in [0.15, 0.2) is 48.5 Å². The van der Waals surface area contributed by atoms with Gasteiger partial charge in [0.2, 0.25) is 0 Å². The molecule has 14 heteroatoms. The van der Waals surface area contributed by atoms with E-state index >= 15 is 0 Å². The van der Waals surface area contributed by atoms with Gasteiger partial charge in [0.05, 0.1) is 18.1 Å². The Kier molecular flexibility index (Phi) is 14.0. The van der Waals surface area contributed by atoms with E-state index < -0.39 is 0 Å². The van der Waals surface area contributed by atoms with E-state index in [1.54, 1.807) is 9.36 Å². The number of methoxy groups -OCH3 is 1. The van der Waals surface area contributed by atoms with Crippen molar-refractivity contribution in [1.82, 2.24) is 25.0 Å². The zero-order valence-electron chi connectivity index (χ0n) is 17.4. The van der Waals surface area contributed by atoms with E-state index in [0.29, 0.717) is 0 Å². The Morgan fingerprint density at radius 3 is 1.79 bits per heavy atom. The van der Waals surface area contributed by atoms with Crippen LogP contribution < -0.4 is 11.3 Å². The van der Waals surface area contributed by atoms with Crippen molar-refractivity contribution in [2.75, 3.05) is 7.11 Å². The second-order valence-electron chi connectivity index (χ2n) is 6.07. The van der Waals surface area contributed by atoms with Gasteiger partial charge in [-0.05, 0) is 57.3 Å². The molecule has 0 aliphatic carbocycles. The molecule has 2 aromatic carbocycles. The van der Waals surface area contributed by atoms with Gasteiger partial charge >= 0.3 is 5.97 Å². The van der Waals surface area contributed by atoms with Crippen LogP contribution in [0.5, 0.6) is 0 Å². The fraction of sp³-hybridized carbons (Fsp3) is 0.200. The van der Waals surface area contributed by atoms with Gasteiger partial charge in [-0.25, -0.2) is 16.9 Å². The summed E-state index contributed by atoms with van der Waals surface area (Å²) in [7, 11) is 1.37. The molecule has 0 aliphatic heterocycles. The van der Waals surface area contributed by atoms with Crippen molar-refractivity contribution in [3.05, 3.63) is 55.9 Å². The summed E-state index contributed by atoms with van der Waals surface area (Å²) in [5.41, 5.74) is 14.0. The number of hydrogen-bond acceptors (Lipinski definition) is 8. The number of carbonyl (C=O) groups is 2. The number of carbonyl (C=O) groups excluding carboxylic acids is 2. The molecule has 186 valence electrons. The van der Waals surface area contributed by atoms with Gasteiger partial charge in [-0.3, -0.25) is 24.4 Å². The summed E-state index contributed by atoms with van der Waals surface area (Å²) in [5, 5.41) is 10.6. The maximum absolute atomic E-state index is 11.1. The Labute approximate surface area is 224 Å². The second-order valence-corrected chi connectivity index (χ2v) is 8.12. The molecule has 0 fully saturated rings. The van der Waals surface area contributed by atoms with Crippen molar-refractivity contribution in [2.24, 2.45) is 5.84 Å². The molecule has 0 bridgehead atoms. The van der Waals surface area contributed by atoms with Gasteiger partial charge in [0.1, 0.15) is 20.5 Å². The lowest BCUT2D eigenvalue weighted by Gasteiger charge is -2.01. The van der Waals surface area contributed by atoms with Crippen molar-refractivity contribution < 1.29 is 21.2 Å². The minimum absolute atomic E-state index is 0. The van der Waals surface area contributed by atoms with Gasteiger partial charge in [0.25, 0.3) is 5.91 Å². The first-order chi connectivity index (χ1) is 15.4. The quantitative estimate of drug-likeness (QED) is 0.0631. The third-order valence-corrected chi connectivity index (χ3v) is 5.78. The Morgan fingerprint density at radius 1 is 0.971 bits per heavy atom. The van der Waals surface area contributed by atoms with E-state index in [2.05, 4.69) is 65.5 Å². The van der Waals surface area contributed by atoms with Crippen molar-refractivity contribution in [3.8, 4) is 0 Å². The third-order valence-electron chi connectivity index (χ3n) is 4.19. The summed E-state index contributed by atoms with van der Waals surface area (Å²) in [6.45, 7) is 0.292. The Balaban J connectivity index is 0. The molecule has 0 atom stereocenters. The number of ether oxygens (including phenoxy) is 1. The predicted molar refractivity (Wildman–Crippen MR) is 147 cm³/mol. The lowest BCUT2D eigenvalue weighted by Crippen LogP contribution is -2.33. The monoisotopic (exact) mass is 698 g/mol. The first kappa shape index (κ1) is 31.3. The highest BCUT2D eigenvalue weighted by Gasteiger charge is 2.11. The fourth-order valence-corrected chi connectivity index (χ4v) is 4.22.